The largest absolute Gasteiger partial charge is 0.372 e. The lowest BCUT2D eigenvalue weighted by Crippen LogP contribution is -2.02. The average Bonchev–Trinajstić information content (AvgIpc) is 3.03. The molecule has 0 fully saturated rings. The Morgan fingerprint density at radius 3 is 2.85 bits per heavy atom. The third-order valence-corrected chi connectivity index (χ3v) is 4.04. The van der Waals surface area contributed by atoms with Crippen LogP contribution >= 0.6 is 11.8 Å². The number of hydrogen-bond donors (Lipinski definition) is 1. The minimum absolute atomic E-state index is 0.667. The van der Waals surface area contributed by atoms with Crippen LogP contribution in [0.25, 0.3) is 11.0 Å². The smallest absolute Gasteiger partial charge is 0.168 e. The summed E-state index contributed by atoms with van der Waals surface area (Å²) in [7, 11) is 5.70. The maximum Gasteiger partial charge on any atom is 0.168 e. The molecule has 3 aromatic rings. The number of fused-ring (bicyclic) bond motifs is 1. The highest BCUT2D eigenvalue weighted by atomic mass is 32.2. The second-order valence-electron chi connectivity index (χ2n) is 4.35. The van der Waals surface area contributed by atoms with Crippen LogP contribution in [0.4, 0.5) is 5.82 Å². The summed E-state index contributed by atoms with van der Waals surface area (Å²) in [5.41, 5.74) is 0.833. The first kappa shape index (κ1) is 12.9. The molecule has 104 valence electrons. The summed E-state index contributed by atoms with van der Waals surface area (Å²) in [6.07, 6.45) is 5.48. The number of aryl methyl sites for hydroxylation is 2. The summed E-state index contributed by atoms with van der Waals surface area (Å²) in [4.78, 5) is 13.4. The minimum Gasteiger partial charge on any atom is -0.372 e. The first-order valence-electron chi connectivity index (χ1n) is 6.15. The Hall–Kier alpha value is -2.09. The van der Waals surface area contributed by atoms with E-state index in [0.29, 0.717) is 5.75 Å². The summed E-state index contributed by atoms with van der Waals surface area (Å²) >= 11 is 1.61. The predicted molar refractivity (Wildman–Crippen MR) is 78.6 cm³/mol. The summed E-state index contributed by atoms with van der Waals surface area (Å²) in [6.45, 7) is 0. The molecular formula is C12H15N7S. The minimum atomic E-state index is 0.667. The van der Waals surface area contributed by atoms with Gasteiger partial charge in [-0.1, -0.05) is 11.8 Å². The first-order valence-corrected chi connectivity index (χ1v) is 7.14. The lowest BCUT2D eigenvalue weighted by atomic mass is 10.4. The predicted octanol–water partition coefficient (Wildman–Crippen LogP) is 1.43. The van der Waals surface area contributed by atoms with Gasteiger partial charge in [-0.15, -0.1) is 0 Å². The summed E-state index contributed by atoms with van der Waals surface area (Å²) in [5, 5.41) is 9.19. The number of thioether (sulfide) groups is 1. The Labute approximate surface area is 120 Å². The Morgan fingerprint density at radius 1 is 1.30 bits per heavy atom. The van der Waals surface area contributed by atoms with Crippen LogP contribution in [-0.4, -0.2) is 36.3 Å². The Morgan fingerprint density at radius 2 is 2.15 bits per heavy atom. The van der Waals surface area contributed by atoms with Gasteiger partial charge < -0.3 is 9.88 Å². The second-order valence-corrected chi connectivity index (χ2v) is 5.30. The van der Waals surface area contributed by atoms with Crippen molar-refractivity contribution in [1.29, 1.82) is 0 Å². The summed E-state index contributed by atoms with van der Waals surface area (Å²) in [6, 6.07) is 0. The molecule has 0 saturated heterocycles. The molecule has 0 bridgehead atoms. The van der Waals surface area contributed by atoms with Crippen molar-refractivity contribution in [3.8, 4) is 0 Å². The van der Waals surface area contributed by atoms with Crippen molar-refractivity contribution in [3.05, 3.63) is 24.4 Å². The fourth-order valence-corrected chi connectivity index (χ4v) is 2.73. The van der Waals surface area contributed by atoms with Gasteiger partial charge in [-0.05, 0) is 0 Å². The molecule has 20 heavy (non-hydrogen) atoms. The SMILES string of the molecule is CNc1nc(CSc2nccn2C)nc2c1cnn2C. The van der Waals surface area contributed by atoms with Gasteiger partial charge in [0.1, 0.15) is 11.6 Å². The van der Waals surface area contributed by atoms with Gasteiger partial charge in [0.15, 0.2) is 10.8 Å². The second kappa shape index (κ2) is 5.12. The monoisotopic (exact) mass is 289 g/mol. The number of rotatable bonds is 4. The quantitative estimate of drug-likeness (QED) is 0.732. The van der Waals surface area contributed by atoms with E-state index < -0.39 is 0 Å². The first-order chi connectivity index (χ1) is 9.69. The van der Waals surface area contributed by atoms with Gasteiger partial charge in [0, 0.05) is 33.5 Å². The Balaban J connectivity index is 1.91. The Bertz CT molecular complexity index is 745. The van der Waals surface area contributed by atoms with Crippen LogP contribution in [0.1, 0.15) is 5.82 Å². The molecule has 0 aliphatic heterocycles. The van der Waals surface area contributed by atoms with Crippen LogP contribution < -0.4 is 5.32 Å². The van der Waals surface area contributed by atoms with E-state index in [2.05, 4.69) is 25.4 Å². The number of nitrogens with zero attached hydrogens (tertiary/aromatic N) is 6. The van der Waals surface area contributed by atoms with Crippen molar-refractivity contribution in [2.75, 3.05) is 12.4 Å². The molecule has 0 unspecified atom stereocenters. The molecule has 0 radical (unpaired) electrons. The highest BCUT2D eigenvalue weighted by molar-refractivity contribution is 7.98. The Kier molecular flexibility index (Phi) is 3.31. The van der Waals surface area contributed by atoms with E-state index in [-0.39, 0.29) is 0 Å². The number of aromatic nitrogens is 6. The number of nitrogens with one attached hydrogen (secondary N) is 1. The lowest BCUT2D eigenvalue weighted by molar-refractivity contribution is 0.780. The number of anilines is 1. The summed E-state index contributed by atoms with van der Waals surface area (Å²) in [5.74, 6) is 2.23. The maximum absolute atomic E-state index is 4.56. The third kappa shape index (κ3) is 2.22. The van der Waals surface area contributed by atoms with Crippen molar-refractivity contribution >= 4 is 28.6 Å². The van der Waals surface area contributed by atoms with Crippen molar-refractivity contribution in [2.45, 2.75) is 10.9 Å². The molecule has 3 heterocycles. The zero-order valence-electron chi connectivity index (χ0n) is 11.5. The zero-order chi connectivity index (χ0) is 14.1. The van der Waals surface area contributed by atoms with Gasteiger partial charge in [0.05, 0.1) is 17.3 Å². The molecule has 0 aliphatic rings. The maximum atomic E-state index is 4.56. The van der Waals surface area contributed by atoms with E-state index in [4.69, 9.17) is 0 Å². The van der Waals surface area contributed by atoms with Crippen molar-refractivity contribution in [2.24, 2.45) is 14.1 Å². The molecule has 7 nitrogen and oxygen atoms in total. The van der Waals surface area contributed by atoms with Gasteiger partial charge in [-0.2, -0.15) is 5.10 Å². The lowest BCUT2D eigenvalue weighted by Gasteiger charge is -2.05. The zero-order valence-corrected chi connectivity index (χ0v) is 12.3. The van der Waals surface area contributed by atoms with Gasteiger partial charge >= 0.3 is 0 Å². The molecule has 0 amide bonds. The molecular weight excluding hydrogens is 274 g/mol. The van der Waals surface area contributed by atoms with E-state index in [0.717, 1.165) is 27.8 Å². The molecule has 0 aromatic carbocycles. The number of imidazole rings is 1. The van der Waals surface area contributed by atoms with Gasteiger partial charge in [-0.3, -0.25) is 4.68 Å². The van der Waals surface area contributed by atoms with Gasteiger partial charge in [0.2, 0.25) is 0 Å². The molecule has 0 aliphatic carbocycles. The highest BCUT2D eigenvalue weighted by Gasteiger charge is 2.11. The topological polar surface area (TPSA) is 73.5 Å². The van der Waals surface area contributed by atoms with Gasteiger partial charge in [0.25, 0.3) is 0 Å². The fourth-order valence-electron chi connectivity index (χ4n) is 1.94. The van der Waals surface area contributed by atoms with Crippen LogP contribution in [0, 0.1) is 0 Å². The third-order valence-electron chi connectivity index (χ3n) is 2.98. The van der Waals surface area contributed by atoms with E-state index >= 15 is 0 Å². The van der Waals surface area contributed by atoms with Crippen molar-refractivity contribution in [3.63, 3.8) is 0 Å². The standard InChI is InChI=1S/C12H15N7S/c1-13-10-8-6-15-19(3)11(8)17-9(16-10)7-20-12-14-4-5-18(12)2/h4-6H,7H2,1-3H3,(H,13,16,17). The van der Waals surface area contributed by atoms with E-state index in [1.165, 1.54) is 0 Å². The van der Waals surface area contributed by atoms with Crippen LogP contribution in [0.2, 0.25) is 0 Å². The van der Waals surface area contributed by atoms with Crippen LogP contribution in [-0.2, 0) is 19.8 Å². The van der Waals surface area contributed by atoms with Gasteiger partial charge in [-0.25, -0.2) is 15.0 Å². The molecule has 1 N–H and O–H groups in total. The van der Waals surface area contributed by atoms with Crippen molar-refractivity contribution < 1.29 is 0 Å². The summed E-state index contributed by atoms with van der Waals surface area (Å²) < 4.78 is 3.74. The van der Waals surface area contributed by atoms with E-state index in [1.54, 1.807) is 28.8 Å². The molecule has 8 heteroatoms. The van der Waals surface area contributed by atoms with Crippen LogP contribution in [0.5, 0.6) is 0 Å². The molecule has 3 rings (SSSR count). The average molecular weight is 289 g/mol. The van der Waals surface area contributed by atoms with Crippen LogP contribution in [0.15, 0.2) is 23.7 Å². The van der Waals surface area contributed by atoms with E-state index in [1.807, 2.05) is 31.9 Å². The molecule has 0 spiro atoms. The molecule has 0 atom stereocenters. The highest BCUT2D eigenvalue weighted by Crippen LogP contribution is 2.23. The van der Waals surface area contributed by atoms with Crippen molar-refractivity contribution in [1.82, 2.24) is 29.3 Å². The number of hydrogen-bond acceptors (Lipinski definition) is 6. The molecule has 0 saturated carbocycles. The van der Waals surface area contributed by atoms with Crippen LogP contribution in [0.3, 0.4) is 0 Å². The fraction of sp³-hybridized carbons (Fsp3) is 0.333. The molecule has 3 aromatic heterocycles. The normalized spacial score (nSPS) is 11.2. The van der Waals surface area contributed by atoms with E-state index in [9.17, 15) is 0 Å².